The zero-order valence-electron chi connectivity index (χ0n) is 22.4. The second-order valence-electron chi connectivity index (χ2n) is 8.01. The molecule has 0 saturated heterocycles. The average Bonchev–Trinajstić information content (AvgIpc) is 2.66. The zero-order chi connectivity index (χ0) is 23.2. The summed E-state index contributed by atoms with van der Waals surface area (Å²) >= 11 is -4.62. The first kappa shape index (κ1) is 40.5. The minimum atomic E-state index is -4.62. The summed E-state index contributed by atoms with van der Waals surface area (Å²) in [6.07, 6.45) is 25.5. The maximum Gasteiger partial charge on any atom is -0.369 e. The van der Waals surface area contributed by atoms with Crippen LogP contribution in [0, 0.1) is 0 Å². The van der Waals surface area contributed by atoms with Crippen molar-refractivity contribution >= 4 is 0 Å². The Kier molecular flexibility index (Phi) is 53.4. The van der Waals surface area contributed by atoms with Crippen LogP contribution in [0.3, 0.4) is 0 Å². The molecule has 0 radical (unpaired) electrons. The van der Waals surface area contributed by atoms with Gasteiger partial charge in [-0.05, 0) is 0 Å². The van der Waals surface area contributed by atoms with E-state index in [9.17, 15) is 0 Å². The maximum absolute atomic E-state index is 9.16. The van der Waals surface area contributed by atoms with E-state index in [4.69, 9.17) is 11.4 Å². The van der Waals surface area contributed by atoms with Gasteiger partial charge in [0.2, 0.25) is 0 Å². The molecule has 0 aromatic heterocycles. The molecular formula is C25H61NO3V. The summed E-state index contributed by atoms with van der Waals surface area (Å²) in [4.78, 5) is 0. The van der Waals surface area contributed by atoms with Crippen molar-refractivity contribution in [3.63, 3.8) is 0 Å². The van der Waals surface area contributed by atoms with Gasteiger partial charge in [-0.3, -0.25) is 0 Å². The molecule has 0 aliphatic heterocycles. The Morgan fingerprint density at radius 2 is 0.533 bits per heavy atom. The largest absolute Gasteiger partial charge is 0.369 e. The molecule has 0 saturated carbocycles. The third kappa shape index (κ3) is 90.5. The molecule has 0 aliphatic carbocycles. The molecule has 189 valence electrons. The van der Waals surface area contributed by atoms with Crippen molar-refractivity contribution < 1.29 is 25.6 Å². The van der Waals surface area contributed by atoms with Gasteiger partial charge in [0.15, 0.2) is 0 Å². The third-order valence-electron chi connectivity index (χ3n) is 4.37. The fraction of sp³-hybridized carbons (Fsp3) is 1.00. The van der Waals surface area contributed by atoms with Crippen molar-refractivity contribution in [2.45, 2.75) is 163 Å². The topological polar surface area (TPSA) is 93.7 Å². The van der Waals surface area contributed by atoms with Crippen LogP contribution < -0.4 is 10.2 Å². The Labute approximate surface area is 194 Å². The summed E-state index contributed by atoms with van der Waals surface area (Å²) in [5, 5.41) is 0. The smallest absolute Gasteiger partial charge is 0.369 e. The van der Waals surface area contributed by atoms with E-state index in [2.05, 4.69) is 41.5 Å². The molecule has 0 amide bonds. The van der Waals surface area contributed by atoms with E-state index in [1.165, 1.54) is 116 Å². The van der Waals surface area contributed by atoms with E-state index >= 15 is 0 Å². The van der Waals surface area contributed by atoms with Crippen LogP contribution in [0.4, 0.5) is 0 Å². The predicted octanol–water partition coefficient (Wildman–Crippen LogP) is 9.63. The Balaban J connectivity index is -0.0000000929. The van der Waals surface area contributed by atoms with Crippen LogP contribution in [0.25, 0.3) is 0 Å². The van der Waals surface area contributed by atoms with E-state index < -0.39 is 14.3 Å². The van der Waals surface area contributed by atoms with Crippen molar-refractivity contribution in [3.05, 3.63) is 0 Å². The summed E-state index contributed by atoms with van der Waals surface area (Å²) in [6.45, 7) is 13.5. The van der Waals surface area contributed by atoms with E-state index in [0.717, 1.165) is 0 Å². The second-order valence-corrected chi connectivity index (χ2v) is 10.4. The minimum absolute atomic E-state index is 0. The molecule has 30 heavy (non-hydrogen) atoms. The third-order valence-corrected chi connectivity index (χ3v) is 4.37. The zero-order valence-corrected chi connectivity index (χ0v) is 23.8. The quantitative estimate of drug-likeness (QED) is 0.239. The number of hydrogen-bond acceptors (Lipinski definition) is 3. The van der Waals surface area contributed by atoms with Crippen LogP contribution in [0.2, 0.25) is 5.64 Å². The van der Waals surface area contributed by atoms with Gasteiger partial charge in [0, 0.05) is 0 Å². The molecule has 0 atom stereocenters. The van der Waals surface area contributed by atoms with Crippen molar-refractivity contribution in [2.75, 3.05) is 0 Å². The number of hydrogen-bond donors (Lipinski definition) is 1. The molecule has 0 fully saturated rings. The number of unbranched alkanes of at least 4 members (excludes halogenated alkanes) is 15. The Bertz CT molecular complexity index is 279. The Hall–Kier alpha value is 0.104. The van der Waals surface area contributed by atoms with Gasteiger partial charge in [-0.25, -0.2) is 0 Å². The molecule has 4 nitrogen and oxygen atoms in total. The van der Waals surface area contributed by atoms with Crippen molar-refractivity contribution in [1.29, 1.82) is 0 Å². The fourth-order valence-electron chi connectivity index (χ4n) is 2.56. The van der Waals surface area contributed by atoms with E-state index in [-0.39, 0.29) is 6.15 Å². The Morgan fingerprint density at radius 1 is 0.433 bits per heavy atom. The molecule has 0 rings (SSSR count). The van der Waals surface area contributed by atoms with Gasteiger partial charge in [0.05, 0.1) is 0 Å². The van der Waals surface area contributed by atoms with Crippen LogP contribution >= 0.6 is 0 Å². The summed E-state index contributed by atoms with van der Waals surface area (Å²) in [6, 6.07) is 0. The Morgan fingerprint density at radius 3 is 0.600 bits per heavy atom. The van der Waals surface area contributed by atoms with Gasteiger partial charge in [0.25, 0.3) is 0 Å². The first-order valence-corrected chi connectivity index (χ1v) is 15.8. The van der Waals surface area contributed by atoms with E-state index in [1.807, 2.05) is 0 Å². The predicted molar refractivity (Wildman–Crippen MR) is 130 cm³/mol. The standard InChI is InChI=1S/3C8H18.CH3.H3N.3O.V/c3*1-3-5-7-8-6-4-2;;;;;;/h3*3-8H2,1-2H3;2*1H3;;;;/q;;;;;;;-1;/p+1. The maximum atomic E-state index is 9.16. The van der Waals surface area contributed by atoms with Crippen molar-refractivity contribution in [1.82, 2.24) is 6.15 Å². The first-order valence-electron chi connectivity index (χ1n) is 12.7. The second kappa shape index (κ2) is 39.6. The summed E-state index contributed by atoms with van der Waals surface area (Å²) in [5.41, 5.74) is 0.693. The molecule has 0 spiro atoms. The van der Waals surface area contributed by atoms with E-state index in [0.29, 0.717) is 5.64 Å². The van der Waals surface area contributed by atoms with Gasteiger partial charge >= 0.3 is 31.3 Å². The molecule has 0 aromatic carbocycles. The molecule has 0 aliphatic rings. The van der Waals surface area contributed by atoms with Crippen molar-refractivity contribution in [2.24, 2.45) is 0 Å². The monoisotopic (exact) mass is 474 g/mol. The minimum Gasteiger partial charge on any atom is -0.369 e. The fourth-order valence-corrected chi connectivity index (χ4v) is 2.56. The number of rotatable bonds is 15. The molecule has 0 bridgehead atoms. The average molecular weight is 475 g/mol. The molecule has 4 N–H and O–H groups in total. The van der Waals surface area contributed by atoms with Crippen LogP contribution in [0.15, 0.2) is 0 Å². The van der Waals surface area contributed by atoms with Crippen LogP contribution in [0.5, 0.6) is 0 Å². The number of quaternary nitrogens is 1. The van der Waals surface area contributed by atoms with E-state index in [1.54, 1.807) is 0 Å². The van der Waals surface area contributed by atoms with Crippen molar-refractivity contribution in [3.8, 4) is 0 Å². The van der Waals surface area contributed by atoms with Crippen LogP contribution in [-0.4, -0.2) is 0 Å². The van der Waals surface area contributed by atoms with Crippen LogP contribution in [-0.2, 0) is 21.6 Å². The first-order chi connectivity index (χ1) is 13.7. The molecule has 0 unspecified atom stereocenters. The molecular weight excluding hydrogens is 413 g/mol. The molecule has 0 heterocycles. The van der Waals surface area contributed by atoms with Gasteiger partial charge in [-0.2, -0.15) is 0 Å². The molecule has 5 heteroatoms. The van der Waals surface area contributed by atoms with Crippen LogP contribution in [0.1, 0.15) is 157 Å². The summed E-state index contributed by atoms with van der Waals surface area (Å²) < 4.78 is 27.5. The summed E-state index contributed by atoms with van der Waals surface area (Å²) in [7, 11) is 0. The summed E-state index contributed by atoms with van der Waals surface area (Å²) in [5.74, 6) is 0. The van der Waals surface area contributed by atoms with Gasteiger partial charge in [-0.1, -0.05) is 157 Å². The van der Waals surface area contributed by atoms with Gasteiger partial charge in [0.1, 0.15) is 0 Å². The SMILES string of the molecule is CCCCCCCC.CCCCCCCC.CCCCCCCC.[CH3][V](=[O])(=[O])[O-].[NH4+]. The molecule has 0 aromatic rings. The van der Waals surface area contributed by atoms with Gasteiger partial charge < -0.3 is 6.15 Å². The normalized spacial score (nSPS) is 9.73. The van der Waals surface area contributed by atoms with Gasteiger partial charge in [-0.15, -0.1) is 0 Å².